The van der Waals surface area contributed by atoms with Crippen LogP contribution in [-0.2, 0) is 9.53 Å². The number of hydrogen-bond donors (Lipinski definition) is 0. The second-order valence-electron chi connectivity index (χ2n) is 5.90. The Labute approximate surface area is 103 Å². The summed E-state index contributed by atoms with van der Waals surface area (Å²) in [4.78, 5) is 24.9. The zero-order valence-electron chi connectivity index (χ0n) is 11.4. The van der Waals surface area contributed by atoms with Crippen molar-refractivity contribution in [2.45, 2.75) is 58.6 Å². The van der Waals surface area contributed by atoms with Gasteiger partial charge in [-0.25, -0.2) is 4.79 Å². The Morgan fingerprint density at radius 1 is 1.35 bits per heavy atom. The van der Waals surface area contributed by atoms with E-state index in [1.165, 1.54) is 24.7 Å². The third kappa shape index (κ3) is 4.75. The first-order valence-electron chi connectivity index (χ1n) is 6.17. The van der Waals surface area contributed by atoms with Gasteiger partial charge in [-0.1, -0.05) is 12.8 Å². The molecule has 0 aromatic carbocycles. The van der Waals surface area contributed by atoms with E-state index in [1.54, 1.807) is 7.05 Å². The summed E-state index contributed by atoms with van der Waals surface area (Å²) in [6, 6.07) is -0.336. The molecule has 0 heterocycles. The number of hydrogen-bond acceptors (Lipinski definition) is 3. The number of amides is 1. The van der Waals surface area contributed by atoms with E-state index in [0.717, 1.165) is 6.42 Å². The van der Waals surface area contributed by atoms with E-state index in [4.69, 9.17) is 4.74 Å². The van der Waals surface area contributed by atoms with Crippen LogP contribution in [0.5, 0.6) is 0 Å². The largest absolute Gasteiger partial charge is 0.444 e. The summed E-state index contributed by atoms with van der Waals surface area (Å²) in [7, 11) is 1.64. The van der Waals surface area contributed by atoms with Gasteiger partial charge >= 0.3 is 6.09 Å². The third-order valence-corrected chi connectivity index (χ3v) is 2.87. The third-order valence-electron chi connectivity index (χ3n) is 2.87. The molecule has 1 aliphatic carbocycles. The van der Waals surface area contributed by atoms with Gasteiger partial charge in [0.05, 0.1) is 6.04 Å². The summed E-state index contributed by atoms with van der Waals surface area (Å²) in [6.45, 7) is 7.00. The molecule has 4 nitrogen and oxygen atoms in total. The van der Waals surface area contributed by atoms with Gasteiger partial charge < -0.3 is 9.64 Å². The molecule has 0 unspecified atom stereocenters. The van der Waals surface area contributed by atoms with Crippen LogP contribution in [0.25, 0.3) is 0 Å². The molecule has 4 heteroatoms. The number of rotatable bonds is 4. The minimum atomic E-state index is -0.522. The van der Waals surface area contributed by atoms with Gasteiger partial charge in [-0.05, 0) is 40.0 Å². The molecule has 0 aromatic rings. The van der Waals surface area contributed by atoms with Crippen LogP contribution in [0.2, 0.25) is 0 Å². The summed E-state index contributed by atoms with van der Waals surface area (Å²) in [5, 5.41) is 0. The normalized spacial score (nSPS) is 17.5. The summed E-state index contributed by atoms with van der Waals surface area (Å²) >= 11 is 0. The van der Waals surface area contributed by atoms with E-state index >= 15 is 0 Å². The molecule has 0 N–H and O–H groups in total. The number of ketones is 1. The van der Waals surface area contributed by atoms with Crippen LogP contribution in [0.15, 0.2) is 0 Å². The highest BCUT2D eigenvalue weighted by Crippen LogP contribution is 2.34. The lowest BCUT2D eigenvalue weighted by Crippen LogP contribution is -2.44. The summed E-state index contributed by atoms with van der Waals surface area (Å²) in [5.74, 6) is 0.638. The second kappa shape index (κ2) is 5.07. The summed E-state index contributed by atoms with van der Waals surface area (Å²) in [6.07, 6.45) is 2.70. The van der Waals surface area contributed by atoms with Crippen molar-refractivity contribution in [2.75, 3.05) is 7.05 Å². The van der Waals surface area contributed by atoms with Crippen LogP contribution in [0.3, 0.4) is 0 Å². The molecule has 1 amide bonds. The highest BCUT2D eigenvalue weighted by molar-refractivity contribution is 5.85. The van der Waals surface area contributed by atoms with Gasteiger partial charge in [0.2, 0.25) is 0 Å². The Bertz CT molecular complexity index is 302. The van der Waals surface area contributed by atoms with Gasteiger partial charge in [0.15, 0.2) is 5.78 Å². The molecule has 0 radical (unpaired) electrons. The highest BCUT2D eigenvalue weighted by Gasteiger charge is 2.33. The van der Waals surface area contributed by atoms with E-state index in [9.17, 15) is 9.59 Å². The molecule has 0 bridgehead atoms. The molecule has 1 rings (SSSR count). The molecule has 17 heavy (non-hydrogen) atoms. The van der Waals surface area contributed by atoms with Crippen molar-refractivity contribution >= 4 is 11.9 Å². The van der Waals surface area contributed by atoms with Gasteiger partial charge in [-0.3, -0.25) is 4.79 Å². The Kier molecular flexibility index (Phi) is 4.17. The Balaban J connectivity index is 2.59. The Hall–Kier alpha value is -1.06. The average molecular weight is 241 g/mol. The van der Waals surface area contributed by atoms with Crippen molar-refractivity contribution in [2.24, 2.45) is 5.92 Å². The van der Waals surface area contributed by atoms with Crippen molar-refractivity contribution in [3.8, 4) is 0 Å². The lowest BCUT2D eigenvalue weighted by atomic mass is 10.1. The fourth-order valence-electron chi connectivity index (χ4n) is 1.73. The van der Waals surface area contributed by atoms with Crippen molar-refractivity contribution in [3.05, 3.63) is 0 Å². The molecule has 1 aliphatic rings. The van der Waals surface area contributed by atoms with Crippen molar-refractivity contribution in [1.29, 1.82) is 0 Å². The van der Waals surface area contributed by atoms with Crippen LogP contribution in [0, 0.1) is 5.92 Å². The van der Waals surface area contributed by atoms with Crippen molar-refractivity contribution < 1.29 is 14.3 Å². The molecule has 98 valence electrons. The number of Topliss-reactive ketones (excluding diaryl/α,β-unsaturated/α-hetero) is 1. The number of carbonyl (C=O) groups is 2. The Morgan fingerprint density at radius 3 is 2.24 bits per heavy atom. The predicted molar refractivity (Wildman–Crippen MR) is 65.8 cm³/mol. The molecule has 1 fully saturated rings. The lowest BCUT2D eigenvalue weighted by Gasteiger charge is -2.29. The van der Waals surface area contributed by atoms with Gasteiger partial charge in [0, 0.05) is 7.05 Å². The first-order chi connectivity index (χ1) is 7.70. The van der Waals surface area contributed by atoms with Crippen LogP contribution in [-0.4, -0.2) is 35.5 Å². The van der Waals surface area contributed by atoms with E-state index in [-0.39, 0.29) is 11.8 Å². The van der Waals surface area contributed by atoms with Crippen LogP contribution >= 0.6 is 0 Å². The molecule has 0 aromatic heterocycles. The molecule has 1 saturated carbocycles. The molecular formula is C13H23NO3. The van der Waals surface area contributed by atoms with Gasteiger partial charge in [0.1, 0.15) is 5.60 Å². The molecule has 0 saturated heterocycles. The van der Waals surface area contributed by atoms with E-state index < -0.39 is 11.7 Å². The maximum atomic E-state index is 11.9. The highest BCUT2D eigenvalue weighted by atomic mass is 16.6. The maximum Gasteiger partial charge on any atom is 0.410 e. The fraction of sp³-hybridized carbons (Fsp3) is 0.846. The molecule has 1 atom stereocenters. The molecule has 0 aliphatic heterocycles. The second-order valence-corrected chi connectivity index (χ2v) is 5.90. The van der Waals surface area contributed by atoms with Gasteiger partial charge in [-0.15, -0.1) is 0 Å². The van der Waals surface area contributed by atoms with Crippen LogP contribution < -0.4 is 0 Å². The number of nitrogens with zero attached hydrogens (tertiary/aromatic N) is 1. The zero-order chi connectivity index (χ0) is 13.2. The smallest absolute Gasteiger partial charge is 0.410 e. The average Bonchev–Trinajstić information content (AvgIpc) is 2.93. The quantitative estimate of drug-likeness (QED) is 0.760. The van der Waals surface area contributed by atoms with E-state index in [1.807, 2.05) is 20.8 Å². The zero-order valence-corrected chi connectivity index (χ0v) is 11.4. The standard InChI is InChI=1S/C13H23NO3/c1-9(15)11(8-10-6-7-10)14(5)12(16)17-13(2,3)4/h10-11H,6-8H2,1-5H3/t11-/m0/s1. The SMILES string of the molecule is CC(=O)[C@H](CC1CC1)N(C)C(=O)OC(C)(C)C. The molecule has 0 spiro atoms. The number of likely N-dealkylation sites (N-methyl/N-ethyl adjacent to an activating group) is 1. The maximum absolute atomic E-state index is 11.9. The van der Waals surface area contributed by atoms with Gasteiger partial charge in [-0.2, -0.15) is 0 Å². The van der Waals surface area contributed by atoms with Crippen LogP contribution in [0.4, 0.5) is 4.79 Å². The topological polar surface area (TPSA) is 46.6 Å². The Morgan fingerprint density at radius 2 is 1.88 bits per heavy atom. The van der Waals surface area contributed by atoms with Gasteiger partial charge in [0.25, 0.3) is 0 Å². The minimum Gasteiger partial charge on any atom is -0.444 e. The summed E-state index contributed by atoms with van der Waals surface area (Å²) in [5.41, 5.74) is -0.522. The lowest BCUT2D eigenvalue weighted by molar-refractivity contribution is -0.122. The number of ether oxygens (including phenoxy) is 1. The first kappa shape index (κ1) is 14.0. The van der Waals surface area contributed by atoms with Crippen molar-refractivity contribution in [1.82, 2.24) is 4.90 Å². The predicted octanol–water partition coefficient (Wildman–Crippen LogP) is 2.61. The number of carbonyl (C=O) groups excluding carboxylic acids is 2. The minimum absolute atomic E-state index is 0.0326. The first-order valence-corrected chi connectivity index (χ1v) is 6.17. The monoisotopic (exact) mass is 241 g/mol. The van der Waals surface area contributed by atoms with Crippen LogP contribution in [0.1, 0.15) is 47.0 Å². The fourth-order valence-corrected chi connectivity index (χ4v) is 1.73. The molecular weight excluding hydrogens is 218 g/mol. The van der Waals surface area contributed by atoms with E-state index in [0.29, 0.717) is 5.92 Å². The van der Waals surface area contributed by atoms with E-state index in [2.05, 4.69) is 0 Å². The summed E-state index contributed by atoms with van der Waals surface area (Å²) < 4.78 is 5.27. The van der Waals surface area contributed by atoms with Crippen molar-refractivity contribution in [3.63, 3.8) is 0 Å².